The maximum absolute atomic E-state index is 12.3. The standard InChI is InChI=1S/C11H8F3N3O2/c12-11(13,14)10-16-9(17-19-10)8-3-1-2-7(4-5-8)6-15-18/h2-6,18H,1H2/b15-6+. The molecule has 0 atom stereocenters. The maximum atomic E-state index is 12.3. The second-order valence-electron chi connectivity index (χ2n) is 3.60. The number of rotatable bonds is 2. The molecule has 0 amide bonds. The van der Waals surface area contributed by atoms with E-state index in [0.717, 1.165) is 0 Å². The Morgan fingerprint density at radius 1 is 1.32 bits per heavy atom. The van der Waals surface area contributed by atoms with Gasteiger partial charge >= 0.3 is 12.1 Å². The first-order valence-corrected chi connectivity index (χ1v) is 5.18. The molecule has 5 nitrogen and oxygen atoms in total. The topological polar surface area (TPSA) is 71.5 Å². The summed E-state index contributed by atoms with van der Waals surface area (Å²) in [6.45, 7) is 0. The lowest BCUT2D eigenvalue weighted by molar-refractivity contribution is -0.159. The van der Waals surface area contributed by atoms with E-state index in [4.69, 9.17) is 5.21 Å². The Kier molecular flexibility index (Phi) is 3.50. The molecular weight excluding hydrogens is 263 g/mol. The van der Waals surface area contributed by atoms with Crippen molar-refractivity contribution in [1.82, 2.24) is 10.1 Å². The Morgan fingerprint density at radius 3 is 2.74 bits per heavy atom. The van der Waals surface area contributed by atoms with Crippen LogP contribution in [0.3, 0.4) is 0 Å². The number of hydrogen-bond acceptors (Lipinski definition) is 5. The smallest absolute Gasteiger partial charge is 0.411 e. The van der Waals surface area contributed by atoms with Crippen molar-refractivity contribution in [3.63, 3.8) is 0 Å². The van der Waals surface area contributed by atoms with Gasteiger partial charge in [-0.15, -0.1) is 0 Å². The number of hydrogen-bond donors (Lipinski definition) is 1. The molecule has 1 N–H and O–H groups in total. The largest absolute Gasteiger partial charge is 0.471 e. The molecule has 0 fully saturated rings. The lowest BCUT2D eigenvalue weighted by atomic mass is 10.2. The fourth-order valence-electron chi connectivity index (χ4n) is 1.43. The van der Waals surface area contributed by atoms with Crippen LogP contribution in [0, 0.1) is 0 Å². The van der Waals surface area contributed by atoms with Gasteiger partial charge in [-0.25, -0.2) is 0 Å². The average Bonchev–Trinajstić information content (AvgIpc) is 2.72. The molecule has 0 saturated heterocycles. The molecule has 1 aliphatic carbocycles. The molecule has 8 heteroatoms. The van der Waals surface area contributed by atoms with E-state index in [1.54, 1.807) is 18.2 Å². The zero-order valence-electron chi connectivity index (χ0n) is 9.42. The number of alkyl halides is 3. The Bertz CT molecular complexity index is 582. The second-order valence-corrected chi connectivity index (χ2v) is 3.60. The van der Waals surface area contributed by atoms with Gasteiger partial charge in [0.2, 0.25) is 5.82 Å². The molecule has 1 heterocycles. The van der Waals surface area contributed by atoms with Gasteiger partial charge in [-0.3, -0.25) is 0 Å². The minimum atomic E-state index is -4.66. The first kappa shape index (κ1) is 13.1. The number of aromatic nitrogens is 2. The lowest BCUT2D eigenvalue weighted by Crippen LogP contribution is -2.05. The predicted molar refractivity (Wildman–Crippen MR) is 59.4 cm³/mol. The van der Waals surface area contributed by atoms with Crippen LogP contribution in [0.1, 0.15) is 18.1 Å². The molecule has 1 aromatic heterocycles. The third-order valence-electron chi connectivity index (χ3n) is 2.28. The van der Waals surface area contributed by atoms with E-state index in [1.165, 1.54) is 12.3 Å². The Hall–Kier alpha value is -2.38. The monoisotopic (exact) mass is 271 g/mol. The minimum Gasteiger partial charge on any atom is -0.411 e. The van der Waals surface area contributed by atoms with Crippen molar-refractivity contribution in [3.8, 4) is 0 Å². The Morgan fingerprint density at radius 2 is 2.11 bits per heavy atom. The van der Waals surface area contributed by atoms with E-state index in [0.29, 0.717) is 17.6 Å². The molecule has 2 rings (SSSR count). The Balaban J connectivity index is 2.23. The van der Waals surface area contributed by atoms with Gasteiger partial charge < -0.3 is 9.73 Å². The van der Waals surface area contributed by atoms with Gasteiger partial charge in [0.25, 0.3) is 0 Å². The fraction of sp³-hybridized carbons (Fsp3) is 0.182. The first-order valence-electron chi connectivity index (χ1n) is 5.18. The van der Waals surface area contributed by atoms with E-state index in [-0.39, 0.29) is 5.82 Å². The van der Waals surface area contributed by atoms with Crippen molar-refractivity contribution in [2.75, 3.05) is 0 Å². The minimum absolute atomic E-state index is 0.140. The Labute approximate surface area is 105 Å². The maximum Gasteiger partial charge on any atom is 0.471 e. The molecule has 0 aliphatic heterocycles. The van der Waals surface area contributed by atoms with E-state index < -0.39 is 12.1 Å². The highest BCUT2D eigenvalue weighted by Gasteiger charge is 2.38. The van der Waals surface area contributed by atoms with E-state index >= 15 is 0 Å². The third-order valence-corrected chi connectivity index (χ3v) is 2.28. The zero-order valence-corrected chi connectivity index (χ0v) is 9.42. The summed E-state index contributed by atoms with van der Waals surface area (Å²) >= 11 is 0. The highest BCUT2D eigenvalue weighted by molar-refractivity contribution is 5.84. The van der Waals surface area contributed by atoms with Gasteiger partial charge in [-0.05, 0) is 12.0 Å². The average molecular weight is 271 g/mol. The quantitative estimate of drug-likeness (QED) is 0.510. The van der Waals surface area contributed by atoms with Crippen LogP contribution in [0.25, 0.3) is 5.57 Å². The van der Waals surface area contributed by atoms with Crippen molar-refractivity contribution in [3.05, 3.63) is 41.6 Å². The molecule has 1 aromatic rings. The van der Waals surface area contributed by atoms with Crippen molar-refractivity contribution in [2.24, 2.45) is 5.16 Å². The molecule has 0 aromatic carbocycles. The van der Waals surface area contributed by atoms with Crippen molar-refractivity contribution < 1.29 is 22.9 Å². The number of oxime groups is 1. The summed E-state index contributed by atoms with van der Waals surface area (Å²) in [6, 6.07) is 0. The highest BCUT2D eigenvalue weighted by Crippen LogP contribution is 2.29. The van der Waals surface area contributed by atoms with Crippen molar-refractivity contribution >= 4 is 11.8 Å². The SMILES string of the molecule is O/N=C/C1=CCC=C(c2noc(C(F)(F)F)n2)C=C1. The van der Waals surface area contributed by atoms with E-state index in [1.807, 2.05) is 0 Å². The molecule has 0 unspecified atom stereocenters. The summed E-state index contributed by atoms with van der Waals surface area (Å²) in [5, 5.41) is 14.6. The molecular formula is C11H8F3N3O2. The van der Waals surface area contributed by atoms with Gasteiger partial charge in [0.1, 0.15) is 0 Å². The number of allylic oxidation sites excluding steroid dienone is 6. The first-order chi connectivity index (χ1) is 9.00. The van der Waals surface area contributed by atoms with Crippen LogP contribution < -0.4 is 0 Å². The zero-order chi connectivity index (χ0) is 13.9. The third kappa shape index (κ3) is 3.09. The van der Waals surface area contributed by atoms with Gasteiger partial charge in [0.05, 0.1) is 6.21 Å². The lowest BCUT2D eigenvalue weighted by Gasteiger charge is -1.96. The number of nitrogens with zero attached hydrogens (tertiary/aromatic N) is 3. The summed E-state index contributed by atoms with van der Waals surface area (Å²) in [4.78, 5) is 3.29. The van der Waals surface area contributed by atoms with Crippen LogP contribution in [0.4, 0.5) is 13.2 Å². The van der Waals surface area contributed by atoms with Crippen LogP contribution in [0.2, 0.25) is 0 Å². The van der Waals surface area contributed by atoms with Crippen LogP contribution in [-0.4, -0.2) is 21.6 Å². The van der Waals surface area contributed by atoms with Gasteiger partial charge in [-0.1, -0.05) is 34.6 Å². The molecule has 19 heavy (non-hydrogen) atoms. The van der Waals surface area contributed by atoms with E-state index in [2.05, 4.69) is 19.8 Å². The molecule has 100 valence electrons. The normalized spacial score (nSPS) is 16.4. The summed E-state index contributed by atoms with van der Waals surface area (Å²) in [5.41, 5.74) is 1.02. The highest BCUT2D eigenvalue weighted by atomic mass is 19.4. The van der Waals surface area contributed by atoms with E-state index in [9.17, 15) is 13.2 Å². The summed E-state index contributed by atoms with van der Waals surface area (Å²) in [6.07, 6.45) is 3.46. The molecule has 0 bridgehead atoms. The van der Waals surface area contributed by atoms with Crippen LogP contribution in [0.15, 0.2) is 39.6 Å². The van der Waals surface area contributed by atoms with Crippen molar-refractivity contribution in [2.45, 2.75) is 12.6 Å². The van der Waals surface area contributed by atoms with Gasteiger partial charge in [0, 0.05) is 5.57 Å². The molecule has 0 saturated carbocycles. The second kappa shape index (κ2) is 5.09. The van der Waals surface area contributed by atoms with Crippen LogP contribution in [0.5, 0.6) is 0 Å². The molecule has 0 radical (unpaired) electrons. The van der Waals surface area contributed by atoms with Crippen LogP contribution >= 0.6 is 0 Å². The molecule has 1 aliphatic rings. The summed E-state index contributed by atoms with van der Waals surface area (Å²) in [5.74, 6) is -1.52. The predicted octanol–water partition coefficient (Wildman–Crippen LogP) is 2.82. The van der Waals surface area contributed by atoms with Gasteiger partial charge in [-0.2, -0.15) is 18.2 Å². The number of halogens is 3. The fourth-order valence-corrected chi connectivity index (χ4v) is 1.43. The van der Waals surface area contributed by atoms with Crippen molar-refractivity contribution in [1.29, 1.82) is 0 Å². The van der Waals surface area contributed by atoms with Gasteiger partial charge in [0.15, 0.2) is 0 Å². The summed E-state index contributed by atoms with van der Waals surface area (Å²) < 4.78 is 41.1. The van der Waals surface area contributed by atoms with Crippen LogP contribution in [-0.2, 0) is 6.18 Å². The summed E-state index contributed by atoms with van der Waals surface area (Å²) in [7, 11) is 0. The molecule has 0 spiro atoms.